The van der Waals surface area contributed by atoms with Crippen LogP contribution in [0, 0.1) is 5.92 Å². The third-order valence-electron chi connectivity index (χ3n) is 4.29. The second-order valence-electron chi connectivity index (χ2n) is 6.96. The van der Waals surface area contributed by atoms with E-state index in [4.69, 9.17) is 13.9 Å². The fourth-order valence-corrected chi connectivity index (χ4v) is 3.16. The van der Waals surface area contributed by atoms with Crippen molar-refractivity contribution < 1.29 is 23.5 Å². The van der Waals surface area contributed by atoms with Gasteiger partial charge in [-0.1, -0.05) is 32.0 Å². The molecule has 1 aromatic carbocycles. The van der Waals surface area contributed by atoms with Gasteiger partial charge in [-0.25, -0.2) is 9.59 Å². The lowest BCUT2D eigenvalue weighted by atomic mass is 10.1. The van der Waals surface area contributed by atoms with Gasteiger partial charge in [-0.15, -0.1) is 10.2 Å². The molecule has 8 heteroatoms. The summed E-state index contributed by atoms with van der Waals surface area (Å²) >= 11 is 0. The Bertz CT molecular complexity index is 987. The Morgan fingerprint density at radius 3 is 2.34 bits per heavy atom. The first kappa shape index (κ1) is 20.6. The molecule has 0 unspecified atom stereocenters. The van der Waals surface area contributed by atoms with E-state index >= 15 is 0 Å². The maximum Gasteiger partial charge on any atom is 0.340 e. The molecule has 154 valence electrons. The molecule has 0 saturated carbocycles. The van der Waals surface area contributed by atoms with Crippen LogP contribution in [0.25, 0.3) is 22.5 Å². The molecule has 0 spiro atoms. The molecule has 29 heavy (non-hydrogen) atoms. The van der Waals surface area contributed by atoms with Crippen molar-refractivity contribution in [1.82, 2.24) is 14.8 Å². The van der Waals surface area contributed by atoms with Crippen LogP contribution in [0.5, 0.6) is 0 Å². The van der Waals surface area contributed by atoms with Crippen LogP contribution in [0.15, 0.2) is 34.7 Å². The zero-order chi connectivity index (χ0) is 21.0. The topological polar surface area (TPSA) is 96.5 Å². The standard InChI is InChI=1S/C21H25N3O5/c1-5-27-20(25)18(21(26)28-6-2)24-15-10-8-7-9-14(15)12-16(24)19-23-22-17(29-19)11-13(3)4/h7-10,12-13,18H,5-6,11H2,1-4H3. The maximum atomic E-state index is 12.7. The van der Waals surface area contributed by atoms with Crippen LogP contribution >= 0.6 is 0 Å². The lowest BCUT2D eigenvalue weighted by molar-refractivity contribution is -0.160. The Balaban J connectivity index is 2.18. The quantitative estimate of drug-likeness (QED) is 0.422. The third kappa shape index (κ3) is 4.31. The summed E-state index contributed by atoms with van der Waals surface area (Å²) in [6.07, 6.45) is 0.631. The van der Waals surface area contributed by atoms with Crippen LogP contribution in [0.1, 0.15) is 39.6 Å². The molecule has 0 N–H and O–H groups in total. The zero-order valence-electron chi connectivity index (χ0n) is 17.0. The molecule has 3 aromatic rings. The molecule has 0 aliphatic heterocycles. The number of para-hydroxylation sites is 1. The summed E-state index contributed by atoms with van der Waals surface area (Å²) in [7, 11) is 0. The zero-order valence-corrected chi connectivity index (χ0v) is 17.0. The number of fused-ring (bicyclic) bond motifs is 1. The summed E-state index contributed by atoms with van der Waals surface area (Å²) in [6, 6.07) is 7.90. The Morgan fingerprint density at radius 2 is 1.72 bits per heavy atom. The number of hydrogen-bond acceptors (Lipinski definition) is 7. The molecule has 0 amide bonds. The van der Waals surface area contributed by atoms with E-state index in [2.05, 4.69) is 24.0 Å². The van der Waals surface area contributed by atoms with Gasteiger partial charge < -0.3 is 18.5 Å². The number of benzene rings is 1. The normalized spacial score (nSPS) is 11.4. The van der Waals surface area contributed by atoms with E-state index in [1.54, 1.807) is 18.4 Å². The minimum atomic E-state index is -1.31. The highest BCUT2D eigenvalue weighted by atomic mass is 16.6. The lowest BCUT2D eigenvalue weighted by Gasteiger charge is -2.19. The predicted octanol–water partition coefficient (Wildman–Crippen LogP) is 3.56. The fraction of sp³-hybridized carbons (Fsp3) is 0.429. The fourth-order valence-electron chi connectivity index (χ4n) is 3.16. The van der Waals surface area contributed by atoms with Crippen molar-refractivity contribution in [2.45, 2.75) is 40.2 Å². The van der Waals surface area contributed by atoms with Gasteiger partial charge in [-0.05, 0) is 31.9 Å². The molecule has 0 aliphatic rings. The molecule has 0 radical (unpaired) electrons. The Labute approximate surface area is 168 Å². The molecular formula is C21H25N3O5. The highest BCUT2D eigenvalue weighted by Gasteiger charge is 2.35. The van der Waals surface area contributed by atoms with E-state index in [0.717, 1.165) is 5.39 Å². The van der Waals surface area contributed by atoms with Gasteiger partial charge in [0.25, 0.3) is 5.89 Å². The summed E-state index contributed by atoms with van der Waals surface area (Å²) in [5, 5.41) is 9.07. The number of ether oxygens (including phenoxy) is 2. The van der Waals surface area contributed by atoms with Gasteiger partial charge in [0.15, 0.2) is 0 Å². The van der Waals surface area contributed by atoms with Gasteiger partial charge in [-0.2, -0.15) is 0 Å². The van der Waals surface area contributed by atoms with Crippen molar-refractivity contribution in [3.8, 4) is 11.6 Å². The van der Waals surface area contributed by atoms with Crippen molar-refractivity contribution in [2.24, 2.45) is 5.92 Å². The second-order valence-corrected chi connectivity index (χ2v) is 6.96. The van der Waals surface area contributed by atoms with E-state index in [0.29, 0.717) is 29.4 Å². The molecule has 0 atom stereocenters. The first-order valence-electron chi connectivity index (χ1n) is 9.72. The number of aromatic nitrogens is 3. The minimum Gasteiger partial charge on any atom is -0.464 e. The third-order valence-corrected chi connectivity index (χ3v) is 4.29. The van der Waals surface area contributed by atoms with E-state index in [9.17, 15) is 9.59 Å². The van der Waals surface area contributed by atoms with Crippen LogP contribution in [0.4, 0.5) is 0 Å². The Hall–Kier alpha value is -3.16. The smallest absolute Gasteiger partial charge is 0.340 e. The SMILES string of the molecule is CCOC(=O)C(C(=O)OCC)n1c(-c2nnc(CC(C)C)o2)cc2ccccc21. The van der Waals surface area contributed by atoms with Gasteiger partial charge >= 0.3 is 11.9 Å². The summed E-state index contributed by atoms with van der Waals surface area (Å²) in [5.74, 6) is -0.321. The maximum absolute atomic E-state index is 12.7. The average molecular weight is 399 g/mol. The molecule has 0 bridgehead atoms. The predicted molar refractivity (Wildman–Crippen MR) is 106 cm³/mol. The Kier molecular flexibility index (Phi) is 6.31. The van der Waals surface area contributed by atoms with Gasteiger partial charge in [0.1, 0.15) is 5.69 Å². The summed E-state index contributed by atoms with van der Waals surface area (Å²) in [5.41, 5.74) is 1.12. The molecule has 0 aliphatic carbocycles. The summed E-state index contributed by atoms with van der Waals surface area (Å²) < 4.78 is 17.7. The highest BCUT2D eigenvalue weighted by molar-refractivity contribution is 6.00. The molecular weight excluding hydrogens is 374 g/mol. The average Bonchev–Trinajstić information content (AvgIpc) is 3.27. The molecule has 3 rings (SSSR count). The largest absolute Gasteiger partial charge is 0.464 e. The van der Waals surface area contributed by atoms with Crippen LogP contribution in [-0.2, 0) is 25.5 Å². The number of nitrogens with zero attached hydrogens (tertiary/aromatic N) is 3. The van der Waals surface area contributed by atoms with E-state index in [-0.39, 0.29) is 19.1 Å². The number of carbonyl (C=O) groups is 2. The van der Waals surface area contributed by atoms with E-state index in [1.165, 1.54) is 0 Å². The summed E-state index contributed by atoms with van der Waals surface area (Å²) in [4.78, 5) is 25.5. The van der Waals surface area contributed by atoms with Gasteiger partial charge in [0.2, 0.25) is 11.9 Å². The van der Waals surface area contributed by atoms with Crippen LogP contribution in [0.3, 0.4) is 0 Å². The van der Waals surface area contributed by atoms with Gasteiger partial charge in [-0.3, -0.25) is 0 Å². The molecule has 2 aromatic heterocycles. The number of hydrogen-bond donors (Lipinski definition) is 0. The van der Waals surface area contributed by atoms with Crippen molar-refractivity contribution in [3.05, 3.63) is 36.2 Å². The number of esters is 2. The minimum absolute atomic E-state index is 0.141. The number of rotatable bonds is 8. The first-order chi connectivity index (χ1) is 14.0. The van der Waals surface area contributed by atoms with Gasteiger partial charge in [0.05, 0.1) is 18.7 Å². The molecule has 8 nitrogen and oxygen atoms in total. The van der Waals surface area contributed by atoms with Crippen LogP contribution in [0.2, 0.25) is 0 Å². The van der Waals surface area contributed by atoms with Crippen molar-refractivity contribution in [2.75, 3.05) is 13.2 Å². The summed E-state index contributed by atoms with van der Waals surface area (Å²) in [6.45, 7) is 7.76. The van der Waals surface area contributed by atoms with Crippen LogP contribution < -0.4 is 0 Å². The van der Waals surface area contributed by atoms with Crippen molar-refractivity contribution in [1.29, 1.82) is 0 Å². The van der Waals surface area contributed by atoms with Gasteiger partial charge in [0, 0.05) is 11.8 Å². The monoisotopic (exact) mass is 399 g/mol. The number of carbonyl (C=O) groups excluding carboxylic acids is 2. The Morgan fingerprint density at radius 1 is 1.07 bits per heavy atom. The van der Waals surface area contributed by atoms with Crippen molar-refractivity contribution in [3.63, 3.8) is 0 Å². The van der Waals surface area contributed by atoms with Crippen molar-refractivity contribution >= 4 is 22.8 Å². The van der Waals surface area contributed by atoms with E-state index < -0.39 is 18.0 Å². The second kappa shape index (κ2) is 8.89. The van der Waals surface area contributed by atoms with E-state index in [1.807, 2.05) is 30.3 Å². The molecule has 0 fully saturated rings. The van der Waals surface area contributed by atoms with Crippen LogP contribution in [-0.4, -0.2) is 39.9 Å². The molecule has 0 saturated heterocycles. The first-order valence-corrected chi connectivity index (χ1v) is 9.72. The molecule has 2 heterocycles. The lowest BCUT2D eigenvalue weighted by Crippen LogP contribution is -2.31. The highest BCUT2D eigenvalue weighted by Crippen LogP contribution is 2.32.